The molecule has 2 amide bonds. The predicted molar refractivity (Wildman–Crippen MR) is 103 cm³/mol. The maximum Gasteiger partial charge on any atom is 0.417 e. The van der Waals surface area contributed by atoms with E-state index in [9.17, 15) is 36.6 Å². The second-order valence-corrected chi connectivity index (χ2v) is 7.81. The van der Waals surface area contributed by atoms with Crippen LogP contribution in [-0.4, -0.2) is 36.8 Å². The molecule has 2 aromatic rings. The van der Waals surface area contributed by atoms with Crippen LogP contribution in [0.1, 0.15) is 35.3 Å². The molecule has 0 aliphatic carbocycles. The topological polar surface area (TPSA) is 118 Å². The Labute approximate surface area is 190 Å². The smallest absolute Gasteiger partial charge is 0.417 e. The first-order valence-electron chi connectivity index (χ1n) is 9.81. The Balaban J connectivity index is 2.02. The van der Waals surface area contributed by atoms with Gasteiger partial charge in [0.2, 0.25) is 5.82 Å². The second kappa shape index (κ2) is 9.14. The normalized spacial score (nSPS) is 22.5. The highest BCUT2D eigenvalue weighted by molar-refractivity contribution is 5.96. The Morgan fingerprint density at radius 1 is 1.32 bits per heavy atom. The molecule has 1 aromatic heterocycles. The van der Waals surface area contributed by atoms with Crippen LogP contribution >= 0.6 is 0 Å². The van der Waals surface area contributed by atoms with Gasteiger partial charge in [-0.15, -0.1) is 0 Å². The Morgan fingerprint density at radius 2 is 2.00 bits per heavy atom. The van der Waals surface area contributed by atoms with Gasteiger partial charge in [0.25, 0.3) is 11.6 Å². The Morgan fingerprint density at radius 3 is 2.56 bits per heavy atom. The number of amides is 2. The number of carbonyl (C=O) groups excluding carboxylic acids is 2. The fourth-order valence-corrected chi connectivity index (χ4v) is 3.82. The van der Waals surface area contributed by atoms with Crippen LogP contribution in [-0.2, 0) is 16.3 Å². The third kappa shape index (κ3) is 4.53. The average molecular weight is 489 g/mol. The number of halogens is 5. The van der Waals surface area contributed by atoms with Gasteiger partial charge in [0.1, 0.15) is 6.10 Å². The molecular formula is C21H20F5N3O5. The third-order valence-electron chi connectivity index (χ3n) is 5.60. The molecule has 0 bridgehead atoms. The number of nitrogens with one attached hydrogen (secondary N) is 1. The monoisotopic (exact) mass is 489 g/mol. The quantitative estimate of drug-likeness (QED) is 0.471. The first-order chi connectivity index (χ1) is 15.8. The fourth-order valence-electron chi connectivity index (χ4n) is 3.82. The average Bonchev–Trinajstić information content (AvgIpc) is 3.14. The van der Waals surface area contributed by atoms with E-state index in [1.54, 1.807) is 0 Å². The van der Waals surface area contributed by atoms with Gasteiger partial charge in [-0.2, -0.15) is 17.6 Å². The lowest BCUT2D eigenvalue weighted by Gasteiger charge is -2.27. The van der Waals surface area contributed by atoms with Crippen molar-refractivity contribution in [3.05, 3.63) is 53.4 Å². The summed E-state index contributed by atoms with van der Waals surface area (Å²) in [6, 6.07) is 4.04. The number of anilines is 1. The van der Waals surface area contributed by atoms with Crippen LogP contribution in [0.25, 0.3) is 0 Å². The number of pyridine rings is 1. The third-order valence-corrected chi connectivity index (χ3v) is 5.60. The number of alkyl halides is 3. The minimum Gasteiger partial charge on any atom is -0.801 e. The lowest BCUT2D eigenvalue weighted by atomic mass is 9.85. The van der Waals surface area contributed by atoms with Gasteiger partial charge in [0, 0.05) is 23.6 Å². The lowest BCUT2D eigenvalue weighted by Crippen LogP contribution is -2.47. The summed E-state index contributed by atoms with van der Waals surface area (Å²) in [4.78, 5) is 24.6. The molecule has 0 unspecified atom stereocenters. The van der Waals surface area contributed by atoms with E-state index in [0.29, 0.717) is 6.07 Å². The van der Waals surface area contributed by atoms with Crippen molar-refractivity contribution in [3.8, 4) is 5.75 Å². The van der Waals surface area contributed by atoms with Gasteiger partial charge in [-0.25, -0.2) is 8.96 Å². The fraction of sp³-hybridized carbons (Fsp3) is 0.381. The number of carbonyl (C=O) groups is 2. The zero-order valence-corrected chi connectivity index (χ0v) is 17.9. The van der Waals surface area contributed by atoms with Crippen LogP contribution in [0.2, 0.25) is 0 Å². The van der Waals surface area contributed by atoms with Crippen molar-refractivity contribution in [2.75, 3.05) is 12.4 Å². The van der Waals surface area contributed by atoms with Gasteiger partial charge in [-0.05, 0) is 19.4 Å². The summed E-state index contributed by atoms with van der Waals surface area (Å²) >= 11 is 0. The molecule has 0 spiro atoms. The number of primary amides is 1. The molecule has 1 aromatic carbocycles. The molecule has 3 atom stereocenters. The maximum atomic E-state index is 14.3. The van der Waals surface area contributed by atoms with Gasteiger partial charge >= 0.3 is 12.1 Å². The molecule has 3 N–H and O–H groups in total. The minimum absolute atomic E-state index is 0.0521. The second-order valence-electron chi connectivity index (χ2n) is 7.81. The molecule has 3 rings (SSSR count). The van der Waals surface area contributed by atoms with Crippen LogP contribution in [0.3, 0.4) is 0 Å². The number of hydrogen-bond acceptors (Lipinski definition) is 5. The van der Waals surface area contributed by atoms with Crippen molar-refractivity contribution in [2.45, 2.75) is 43.9 Å². The van der Waals surface area contributed by atoms with Crippen LogP contribution in [0, 0.1) is 11.6 Å². The van der Waals surface area contributed by atoms with Gasteiger partial charge < -0.3 is 25.6 Å². The molecule has 1 aliphatic heterocycles. The largest absolute Gasteiger partial charge is 0.801 e. The molecule has 1 aliphatic rings. The summed E-state index contributed by atoms with van der Waals surface area (Å²) in [6.07, 6.45) is -6.31. The number of benzene rings is 1. The van der Waals surface area contributed by atoms with Crippen molar-refractivity contribution < 1.29 is 50.7 Å². The molecule has 13 heteroatoms. The number of ether oxygens (including phenoxy) is 2. The molecular weight excluding hydrogens is 469 g/mol. The zero-order chi connectivity index (χ0) is 25.4. The standard InChI is InChI=1S/C21H19F5N3O5/c1-20(21(24,25)26)8-12(11-3-4-13(22)15(23)16(11)33-2)17(34-20)19(32)28-10-5-6-29(9-30)14(7-10)18(27)31/h3-7,12,17H,8-9H2,1-2H3,(H2,27,31)/q-1/p+1/t12-,17+,20+/m0/s1. The zero-order valence-electron chi connectivity index (χ0n) is 17.9. The van der Waals surface area contributed by atoms with Crippen molar-refractivity contribution in [2.24, 2.45) is 5.73 Å². The molecule has 0 radical (unpaired) electrons. The number of methoxy groups -OCH3 is 1. The summed E-state index contributed by atoms with van der Waals surface area (Å²) in [5, 5.41) is 13.5. The van der Waals surface area contributed by atoms with Crippen molar-refractivity contribution in [3.63, 3.8) is 0 Å². The van der Waals surface area contributed by atoms with Gasteiger partial charge in [0.15, 0.2) is 23.4 Å². The van der Waals surface area contributed by atoms with Crippen LogP contribution in [0.5, 0.6) is 5.75 Å². The van der Waals surface area contributed by atoms with E-state index in [1.165, 1.54) is 6.07 Å². The Bertz CT molecular complexity index is 1130. The summed E-state index contributed by atoms with van der Waals surface area (Å²) in [6.45, 7) is -0.106. The molecule has 8 nitrogen and oxygen atoms in total. The summed E-state index contributed by atoms with van der Waals surface area (Å²) < 4.78 is 80.2. The first-order valence-corrected chi connectivity index (χ1v) is 9.81. The lowest BCUT2D eigenvalue weighted by molar-refractivity contribution is -0.816. The molecule has 184 valence electrons. The highest BCUT2D eigenvalue weighted by Gasteiger charge is 2.61. The number of aromatic nitrogens is 1. The van der Waals surface area contributed by atoms with E-state index in [1.807, 2.05) is 0 Å². The molecule has 2 heterocycles. The highest BCUT2D eigenvalue weighted by atomic mass is 19.4. The predicted octanol–water partition coefficient (Wildman–Crippen LogP) is 1.51. The Hall–Kier alpha value is -3.32. The van der Waals surface area contributed by atoms with E-state index < -0.39 is 66.1 Å². The van der Waals surface area contributed by atoms with Crippen LogP contribution in [0.15, 0.2) is 30.5 Å². The van der Waals surface area contributed by atoms with Gasteiger partial charge in [0.05, 0.1) is 19.5 Å². The highest BCUT2D eigenvalue weighted by Crippen LogP contribution is 2.51. The molecule has 34 heavy (non-hydrogen) atoms. The summed E-state index contributed by atoms with van der Waals surface area (Å²) in [5.74, 6) is -6.75. The number of nitrogens with two attached hydrogens (primary N) is 1. The van der Waals surface area contributed by atoms with E-state index >= 15 is 0 Å². The number of rotatable bonds is 6. The molecule has 1 saturated heterocycles. The van der Waals surface area contributed by atoms with E-state index in [-0.39, 0.29) is 16.9 Å². The number of nitrogens with zero attached hydrogens (tertiary/aromatic N) is 1. The van der Waals surface area contributed by atoms with Gasteiger partial charge in [-0.1, -0.05) is 6.07 Å². The summed E-state index contributed by atoms with van der Waals surface area (Å²) in [5.41, 5.74) is 1.94. The van der Waals surface area contributed by atoms with Crippen LogP contribution in [0.4, 0.5) is 27.6 Å². The molecule has 1 fully saturated rings. The minimum atomic E-state index is -4.89. The van der Waals surface area contributed by atoms with E-state index in [0.717, 1.165) is 36.9 Å². The van der Waals surface area contributed by atoms with Crippen LogP contribution < -0.4 is 25.5 Å². The maximum absolute atomic E-state index is 14.3. The molecule has 0 saturated carbocycles. The summed E-state index contributed by atoms with van der Waals surface area (Å²) in [7, 11) is 1.01. The van der Waals surface area contributed by atoms with Crippen molar-refractivity contribution >= 4 is 17.5 Å². The Kier molecular flexibility index (Phi) is 6.80. The van der Waals surface area contributed by atoms with E-state index in [2.05, 4.69) is 5.32 Å². The van der Waals surface area contributed by atoms with Crippen molar-refractivity contribution in [1.82, 2.24) is 0 Å². The van der Waals surface area contributed by atoms with E-state index in [4.69, 9.17) is 15.2 Å². The SMILES string of the molecule is COc1c([C@@H]2C[C@](C)(C(F)(F)F)O[C@H]2C(=O)Nc2cc[n+](C[O-])c(C(N)=O)c2)ccc(F)c1F. The first kappa shape index (κ1) is 25.3. The van der Waals surface area contributed by atoms with Gasteiger partial charge in [-0.3, -0.25) is 9.59 Å². The number of hydrogen-bond donors (Lipinski definition) is 2. The van der Waals surface area contributed by atoms with Crippen molar-refractivity contribution in [1.29, 1.82) is 0 Å².